The zero-order valence-electron chi connectivity index (χ0n) is 8.87. The molecule has 0 amide bonds. The smallest absolute Gasteiger partial charge is 0.330 e. The highest BCUT2D eigenvalue weighted by molar-refractivity contribution is 5.81. The number of benzene rings is 1. The predicted molar refractivity (Wildman–Crippen MR) is 55.8 cm³/mol. The molecule has 1 aromatic rings. The number of ether oxygens (including phenoxy) is 1. The SMILES string of the molecule is C=CC(=O)OC(C)Cc1ccc(F)c(F)c1. The van der Waals surface area contributed by atoms with Gasteiger partial charge in [0.25, 0.3) is 0 Å². The molecule has 1 rings (SSSR count). The van der Waals surface area contributed by atoms with Gasteiger partial charge in [0.05, 0.1) is 0 Å². The second-order valence-corrected chi connectivity index (χ2v) is 3.40. The second kappa shape index (κ2) is 5.39. The molecular weight excluding hydrogens is 214 g/mol. The number of rotatable bonds is 4. The summed E-state index contributed by atoms with van der Waals surface area (Å²) in [5, 5.41) is 0. The van der Waals surface area contributed by atoms with Crippen molar-refractivity contribution in [2.24, 2.45) is 0 Å². The Bertz CT molecular complexity index is 402. The fourth-order valence-corrected chi connectivity index (χ4v) is 1.29. The van der Waals surface area contributed by atoms with Crippen molar-refractivity contribution in [2.45, 2.75) is 19.4 Å². The maximum absolute atomic E-state index is 12.9. The summed E-state index contributed by atoms with van der Waals surface area (Å²) in [6, 6.07) is 3.59. The molecule has 0 aliphatic heterocycles. The summed E-state index contributed by atoms with van der Waals surface area (Å²) in [6.45, 7) is 4.93. The quantitative estimate of drug-likeness (QED) is 0.582. The van der Waals surface area contributed by atoms with Gasteiger partial charge in [-0.3, -0.25) is 0 Å². The minimum atomic E-state index is -0.903. The molecule has 0 fully saturated rings. The molecule has 0 aromatic heterocycles. The number of carbonyl (C=O) groups is 1. The third kappa shape index (κ3) is 3.46. The van der Waals surface area contributed by atoms with Gasteiger partial charge in [-0.2, -0.15) is 0 Å². The van der Waals surface area contributed by atoms with Crippen LogP contribution in [-0.2, 0) is 16.0 Å². The number of carbonyl (C=O) groups excluding carboxylic acids is 1. The van der Waals surface area contributed by atoms with Crippen molar-refractivity contribution in [3.05, 3.63) is 48.1 Å². The zero-order chi connectivity index (χ0) is 12.1. The summed E-state index contributed by atoms with van der Waals surface area (Å²) in [6.07, 6.45) is 0.980. The minimum absolute atomic E-state index is 0.330. The highest BCUT2D eigenvalue weighted by Crippen LogP contribution is 2.11. The first kappa shape index (κ1) is 12.4. The molecule has 0 aliphatic rings. The van der Waals surface area contributed by atoms with Crippen molar-refractivity contribution in [3.8, 4) is 0 Å². The van der Waals surface area contributed by atoms with Crippen LogP contribution in [0.2, 0.25) is 0 Å². The third-order valence-corrected chi connectivity index (χ3v) is 1.99. The first-order valence-corrected chi connectivity index (χ1v) is 4.80. The van der Waals surface area contributed by atoms with Crippen molar-refractivity contribution < 1.29 is 18.3 Å². The molecule has 4 heteroatoms. The predicted octanol–water partition coefficient (Wildman–Crippen LogP) is 2.63. The van der Waals surface area contributed by atoms with Crippen LogP contribution in [0, 0.1) is 11.6 Å². The van der Waals surface area contributed by atoms with Crippen LogP contribution in [0.25, 0.3) is 0 Å². The van der Waals surface area contributed by atoms with Gasteiger partial charge >= 0.3 is 5.97 Å². The first-order chi connectivity index (χ1) is 7.52. The number of hydrogen-bond acceptors (Lipinski definition) is 2. The van der Waals surface area contributed by atoms with Gasteiger partial charge in [-0.15, -0.1) is 0 Å². The molecule has 1 aromatic carbocycles. The number of halogens is 2. The fraction of sp³-hybridized carbons (Fsp3) is 0.250. The topological polar surface area (TPSA) is 26.3 Å². The van der Waals surface area contributed by atoms with Crippen LogP contribution in [0.5, 0.6) is 0 Å². The van der Waals surface area contributed by atoms with Crippen LogP contribution in [0.1, 0.15) is 12.5 Å². The normalized spacial score (nSPS) is 11.9. The highest BCUT2D eigenvalue weighted by atomic mass is 19.2. The summed E-state index contributed by atoms with van der Waals surface area (Å²) < 4.78 is 30.4. The average molecular weight is 226 g/mol. The standard InChI is InChI=1S/C12H12F2O2/c1-3-12(15)16-8(2)6-9-4-5-10(13)11(14)7-9/h3-5,7-8H,1,6H2,2H3. The van der Waals surface area contributed by atoms with Crippen LogP contribution in [0.15, 0.2) is 30.9 Å². The van der Waals surface area contributed by atoms with Gasteiger partial charge in [-0.1, -0.05) is 12.6 Å². The highest BCUT2D eigenvalue weighted by Gasteiger charge is 2.09. The van der Waals surface area contributed by atoms with Gasteiger partial charge in [0.2, 0.25) is 0 Å². The van der Waals surface area contributed by atoms with Crippen molar-refractivity contribution >= 4 is 5.97 Å². The second-order valence-electron chi connectivity index (χ2n) is 3.40. The van der Waals surface area contributed by atoms with E-state index in [9.17, 15) is 13.6 Å². The van der Waals surface area contributed by atoms with Crippen molar-refractivity contribution in [2.75, 3.05) is 0 Å². The van der Waals surface area contributed by atoms with E-state index in [4.69, 9.17) is 4.74 Å². The summed E-state index contributed by atoms with van der Waals surface area (Å²) in [5.74, 6) is -2.32. The summed E-state index contributed by atoms with van der Waals surface area (Å²) in [5.41, 5.74) is 0.572. The lowest BCUT2D eigenvalue weighted by molar-refractivity contribution is -0.142. The molecule has 0 saturated carbocycles. The Morgan fingerprint density at radius 1 is 1.50 bits per heavy atom. The minimum Gasteiger partial charge on any atom is -0.459 e. The van der Waals surface area contributed by atoms with Crippen LogP contribution < -0.4 is 0 Å². The third-order valence-electron chi connectivity index (χ3n) is 1.99. The largest absolute Gasteiger partial charge is 0.459 e. The van der Waals surface area contributed by atoms with Gasteiger partial charge in [-0.25, -0.2) is 13.6 Å². The monoisotopic (exact) mass is 226 g/mol. The molecule has 86 valence electrons. The lowest BCUT2D eigenvalue weighted by Gasteiger charge is -2.11. The number of esters is 1. The van der Waals surface area contributed by atoms with Gasteiger partial charge < -0.3 is 4.74 Å². The average Bonchev–Trinajstić information content (AvgIpc) is 2.23. The molecule has 0 saturated heterocycles. The molecule has 0 heterocycles. The van der Waals surface area contributed by atoms with E-state index in [-0.39, 0.29) is 0 Å². The molecule has 1 atom stereocenters. The molecular formula is C12H12F2O2. The first-order valence-electron chi connectivity index (χ1n) is 4.80. The molecule has 0 bridgehead atoms. The summed E-state index contributed by atoms with van der Waals surface area (Å²) >= 11 is 0. The van der Waals surface area contributed by atoms with Gasteiger partial charge in [0.1, 0.15) is 6.10 Å². The van der Waals surface area contributed by atoms with Crippen molar-refractivity contribution in [1.29, 1.82) is 0 Å². The van der Waals surface area contributed by atoms with Crippen LogP contribution in [0.4, 0.5) is 8.78 Å². The fourth-order valence-electron chi connectivity index (χ4n) is 1.29. The molecule has 1 unspecified atom stereocenters. The van der Waals surface area contributed by atoms with E-state index in [1.807, 2.05) is 0 Å². The Balaban J connectivity index is 2.62. The molecule has 0 N–H and O–H groups in total. The van der Waals surface area contributed by atoms with Crippen molar-refractivity contribution in [1.82, 2.24) is 0 Å². The Morgan fingerprint density at radius 3 is 2.75 bits per heavy atom. The van der Waals surface area contributed by atoms with E-state index in [1.54, 1.807) is 6.92 Å². The molecule has 16 heavy (non-hydrogen) atoms. The molecule has 2 nitrogen and oxygen atoms in total. The Kier molecular flexibility index (Phi) is 4.17. The van der Waals surface area contributed by atoms with E-state index >= 15 is 0 Å². The van der Waals surface area contributed by atoms with E-state index in [0.717, 1.165) is 18.2 Å². The summed E-state index contributed by atoms with van der Waals surface area (Å²) in [7, 11) is 0. The van der Waals surface area contributed by atoms with Crippen LogP contribution >= 0.6 is 0 Å². The van der Waals surface area contributed by atoms with Crippen molar-refractivity contribution in [3.63, 3.8) is 0 Å². The van der Waals surface area contributed by atoms with Gasteiger partial charge in [0.15, 0.2) is 11.6 Å². The Labute approximate surface area is 92.5 Å². The lowest BCUT2D eigenvalue weighted by Crippen LogP contribution is -2.15. The molecule has 0 aliphatic carbocycles. The van der Waals surface area contributed by atoms with E-state index in [1.165, 1.54) is 6.07 Å². The molecule has 0 spiro atoms. The zero-order valence-corrected chi connectivity index (χ0v) is 8.87. The van der Waals surface area contributed by atoms with E-state index in [2.05, 4.69) is 6.58 Å². The number of hydrogen-bond donors (Lipinski definition) is 0. The lowest BCUT2D eigenvalue weighted by atomic mass is 10.1. The summed E-state index contributed by atoms with van der Waals surface area (Å²) in [4.78, 5) is 10.9. The van der Waals surface area contributed by atoms with Gasteiger partial charge in [-0.05, 0) is 24.6 Å². The Hall–Kier alpha value is -1.71. The maximum atomic E-state index is 12.9. The van der Waals surface area contributed by atoms with E-state index < -0.39 is 23.7 Å². The van der Waals surface area contributed by atoms with Crippen LogP contribution in [0.3, 0.4) is 0 Å². The molecule has 0 radical (unpaired) electrons. The Morgan fingerprint density at radius 2 is 2.19 bits per heavy atom. The van der Waals surface area contributed by atoms with E-state index in [0.29, 0.717) is 12.0 Å². The van der Waals surface area contributed by atoms with Gasteiger partial charge in [0, 0.05) is 12.5 Å². The van der Waals surface area contributed by atoms with Crippen LogP contribution in [-0.4, -0.2) is 12.1 Å². The maximum Gasteiger partial charge on any atom is 0.330 e.